The number of rotatable bonds is 5. The van der Waals surface area contributed by atoms with Crippen LogP contribution in [0.1, 0.15) is 16.9 Å². The number of aliphatic carboxylic acids is 1. The van der Waals surface area contributed by atoms with Crippen LogP contribution >= 0.6 is 11.3 Å². The van der Waals surface area contributed by atoms with E-state index in [9.17, 15) is 9.59 Å². The van der Waals surface area contributed by atoms with Gasteiger partial charge in [-0.25, -0.2) is 9.78 Å². The third-order valence-electron chi connectivity index (χ3n) is 2.68. The minimum absolute atomic E-state index is 0.0939. The minimum Gasteiger partial charge on any atom is -0.481 e. The molecule has 2 rings (SSSR count). The van der Waals surface area contributed by atoms with Gasteiger partial charge in [0.2, 0.25) is 0 Å². The Hall–Kier alpha value is -2.41. The number of hydrogen-bond acceptors (Lipinski definition) is 4. The second-order valence-electron chi connectivity index (χ2n) is 4.45. The largest absolute Gasteiger partial charge is 0.481 e. The molecule has 0 unspecified atom stereocenters. The first kappa shape index (κ1) is 15.0. The van der Waals surface area contributed by atoms with Crippen LogP contribution in [0.3, 0.4) is 0 Å². The Labute approximate surface area is 125 Å². The van der Waals surface area contributed by atoms with Crippen LogP contribution in [-0.4, -0.2) is 22.1 Å². The van der Waals surface area contributed by atoms with Crippen molar-refractivity contribution in [2.45, 2.75) is 19.8 Å². The molecule has 7 heteroatoms. The predicted octanol–water partition coefficient (Wildman–Crippen LogP) is 3.11. The van der Waals surface area contributed by atoms with Crippen LogP contribution in [-0.2, 0) is 11.2 Å². The van der Waals surface area contributed by atoms with Crippen molar-refractivity contribution in [1.82, 2.24) is 4.98 Å². The van der Waals surface area contributed by atoms with Crippen molar-refractivity contribution in [2.24, 2.45) is 0 Å². The highest BCUT2D eigenvalue weighted by molar-refractivity contribution is 7.15. The van der Waals surface area contributed by atoms with E-state index in [0.29, 0.717) is 17.2 Å². The van der Waals surface area contributed by atoms with Crippen molar-refractivity contribution >= 4 is 34.2 Å². The molecule has 1 heterocycles. The van der Waals surface area contributed by atoms with Crippen molar-refractivity contribution in [3.8, 4) is 0 Å². The van der Waals surface area contributed by atoms with Gasteiger partial charge in [0.25, 0.3) is 0 Å². The molecule has 2 aromatic rings. The highest BCUT2D eigenvalue weighted by Gasteiger charge is 2.06. The summed E-state index contributed by atoms with van der Waals surface area (Å²) in [4.78, 5) is 27.3. The molecular formula is C14H15N3O3S. The standard InChI is InChI=1S/C14H15N3O3S/c1-9-8-15-14(21-9)17-13(20)16-11-5-2-10(3-6-11)4-7-12(18)19/h2-3,5-6,8H,4,7H2,1H3,(H,18,19)(H2,15,16,17,20). The van der Waals surface area contributed by atoms with E-state index in [2.05, 4.69) is 15.6 Å². The average Bonchev–Trinajstić information content (AvgIpc) is 2.83. The molecule has 21 heavy (non-hydrogen) atoms. The first-order valence-corrected chi connectivity index (χ1v) is 7.16. The SMILES string of the molecule is Cc1cnc(NC(=O)Nc2ccc(CCC(=O)O)cc2)s1. The summed E-state index contributed by atoms with van der Waals surface area (Å²) in [5, 5.41) is 14.5. The van der Waals surface area contributed by atoms with Gasteiger partial charge in [-0.2, -0.15) is 0 Å². The van der Waals surface area contributed by atoms with Crippen LogP contribution < -0.4 is 10.6 Å². The van der Waals surface area contributed by atoms with E-state index in [-0.39, 0.29) is 12.5 Å². The number of aromatic nitrogens is 1. The van der Waals surface area contributed by atoms with E-state index in [1.54, 1.807) is 30.5 Å². The van der Waals surface area contributed by atoms with Crippen LogP contribution in [0, 0.1) is 6.92 Å². The predicted molar refractivity (Wildman–Crippen MR) is 81.9 cm³/mol. The lowest BCUT2D eigenvalue weighted by Crippen LogP contribution is -2.19. The van der Waals surface area contributed by atoms with Crippen LogP contribution in [0.4, 0.5) is 15.6 Å². The number of hydrogen-bond donors (Lipinski definition) is 3. The number of amides is 2. The number of carboxylic acid groups (broad SMARTS) is 1. The molecule has 0 fully saturated rings. The van der Waals surface area contributed by atoms with Gasteiger partial charge in [-0.3, -0.25) is 10.1 Å². The van der Waals surface area contributed by atoms with Gasteiger partial charge in [-0.1, -0.05) is 12.1 Å². The molecular weight excluding hydrogens is 290 g/mol. The zero-order chi connectivity index (χ0) is 15.2. The zero-order valence-corrected chi connectivity index (χ0v) is 12.2. The summed E-state index contributed by atoms with van der Waals surface area (Å²) in [7, 11) is 0. The second kappa shape index (κ2) is 6.85. The molecule has 2 amide bonds. The fourth-order valence-electron chi connectivity index (χ4n) is 1.68. The van der Waals surface area contributed by atoms with E-state index in [1.807, 2.05) is 6.92 Å². The van der Waals surface area contributed by atoms with Crippen LogP contribution in [0.15, 0.2) is 30.5 Å². The maximum atomic E-state index is 11.8. The summed E-state index contributed by atoms with van der Waals surface area (Å²) < 4.78 is 0. The van der Waals surface area contributed by atoms with Gasteiger partial charge in [0.1, 0.15) is 0 Å². The smallest absolute Gasteiger partial charge is 0.325 e. The summed E-state index contributed by atoms with van der Waals surface area (Å²) in [6.07, 6.45) is 2.26. The molecule has 0 radical (unpaired) electrons. The van der Waals surface area contributed by atoms with Gasteiger partial charge in [0, 0.05) is 23.2 Å². The monoisotopic (exact) mass is 305 g/mol. The maximum absolute atomic E-state index is 11.8. The van der Waals surface area contributed by atoms with Crippen molar-refractivity contribution < 1.29 is 14.7 Å². The Morgan fingerprint density at radius 3 is 2.52 bits per heavy atom. The summed E-state index contributed by atoms with van der Waals surface area (Å²) in [6, 6.07) is 6.72. The molecule has 1 aromatic carbocycles. The van der Waals surface area contributed by atoms with E-state index in [4.69, 9.17) is 5.11 Å². The van der Waals surface area contributed by atoms with Gasteiger partial charge in [-0.15, -0.1) is 11.3 Å². The van der Waals surface area contributed by atoms with E-state index in [1.165, 1.54) is 11.3 Å². The third kappa shape index (κ3) is 4.88. The van der Waals surface area contributed by atoms with Gasteiger partial charge in [0.15, 0.2) is 5.13 Å². The Bertz CT molecular complexity index is 637. The van der Waals surface area contributed by atoms with Crippen molar-refractivity contribution in [3.63, 3.8) is 0 Å². The molecule has 0 aliphatic carbocycles. The summed E-state index contributed by atoms with van der Waals surface area (Å²) in [5.41, 5.74) is 1.55. The van der Waals surface area contributed by atoms with E-state index in [0.717, 1.165) is 10.4 Å². The quantitative estimate of drug-likeness (QED) is 0.791. The molecule has 3 N–H and O–H groups in total. The zero-order valence-electron chi connectivity index (χ0n) is 11.4. The number of nitrogens with one attached hydrogen (secondary N) is 2. The molecule has 0 spiro atoms. The Morgan fingerprint density at radius 1 is 1.24 bits per heavy atom. The highest BCUT2D eigenvalue weighted by atomic mass is 32.1. The van der Waals surface area contributed by atoms with Crippen LogP contribution in [0.2, 0.25) is 0 Å². The lowest BCUT2D eigenvalue weighted by Gasteiger charge is -2.06. The fraction of sp³-hybridized carbons (Fsp3) is 0.214. The first-order chi connectivity index (χ1) is 10.0. The summed E-state index contributed by atoms with van der Waals surface area (Å²) in [5.74, 6) is -0.824. The Kier molecular flexibility index (Phi) is 4.89. The highest BCUT2D eigenvalue weighted by Crippen LogP contribution is 2.17. The van der Waals surface area contributed by atoms with Crippen LogP contribution in [0.25, 0.3) is 0 Å². The van der Waals surface area contributed by atoms with Gasteiger partial charge >= 0.3 is 12.0 Å². The summed E-state index contributed by atoms with van der Waals surface area (Å²) in [6.45, 7) is 1.91. The number of carboxylic acids is 1. The number of benzene rings is 1. The molecule has 0 aliphatic heterocycles. The molecule has 0 saturated carbocycles. The number of aryl methyl sites for hydroxylation is 2. The van der Waals surface area contributed by atoms with E-state index < -0.39 is 5.97 Å². The van der Waals surface area contributed by atoms with E-state index >= 15 is 0 Å². The number of thiazole rings is 1. The Morgan fingerprint density at radius 2 is 1.95 bits per heavy atom. The molecule has 0 atom stereocenters. The molecule has 0 saturated heterocycles. The van der Waals surface area contributed by atoms with Gasteiger partial charge in [0.05, 0.1) is 0 Å². The van der Waals surface area contributed by atoms with Crippen molar-refractivity contribution in [3.05, 3.63) is 40.9 Å². The number of anilines is 2. The maximum Gasteiger partial charge on any atom is 0.325 e. The molecule has 0 bridgehead atoms. The van der Waals surface area contributed by atoms with Crippen molar-refractivity contribution in [2.75, 3.05) is 10.6 Å². The van der Waals surface area contributed by atoms with Crippen molar-refractivity contribution in [1.29, 1.82) is 0 Å². The molecule has 1 aromatic heterocycles. The molecule has 6 nitrogen and oxygen atoms in total. The average molecular weight is 305 g/mol. The normalized spacial score (nSPS) is 10.1. The molecule has 0 aliphatic rings. The second-order valence-corrected chi connectivity index (χ2v) is 5.68. The lowest BCUT2D eigenvalue weighted by atomic mass is 10.1. The van der Waals surface area contributed by atoms with Crippen LogP contribution in [0.5, 0.6) is 0 Å². The third-order valence-corrected chi connectivity index (χ3v) is 3.51. The number of carbonyl (C=O) groups excluding carboxylic acids is 1. The van der Waals surface area contributed by atoms with Gasteiger partial charge < -0.3 is 10.4 Å². The topological polar surface area (TPSA) is 91.3 Å². The summed E-state index contributed by atoms with van der Waals surface area (Å²) >= 11 is 1.40. The number of nitrogens with zero attached hydrogens (tertiary/aromatic N) is 1. The number of urea groups is 1. The van der Waals surface area contributed by atoms with Gasteiger partial charge in [-0.05, 0) is 31.0 Å². The fourth-order valence-corrected chi connectivity index (χ4v) is 2.34. The molecule has 110 valence electrons. The minimum atomic E-state index is -0.824. The Balaban J connectivity index is 1.87. The first-order valence-electron chi connectivity index (χ1n) is 6.34. The number of carbonyl (C=O) groups is 2. The lowest BCUT2D eigenvalue weighted by molar-refractivity contribution is -0.136.